The van der Waals surface area contributed by atoms with E-state index in [2.05, 4.69) is 15.6 Å². The molecule has 1 aliphatic rings. The van der Waals surface area contributed by atoms with Gasteiger partial charge in [0.15, 0.2) is 11.6 Å². The van der Waals surface area contributed by atoms with Crippen LogP contribution in [0.4, 0.5) is 15.8 Å². The molecule has 0 bridgehead atoms. The third kappa shape index (κ3) is 3.63. The van der Waals surface area contributed by atoms with E-state index in [0.717, 1.165) is 11.1 Å². The number of rotatable bonds is 6. The van der Waals surface area contributed by atoms with Crippen molar-refractivity contribution in [2.75, 3.05) is 26.1 Å². The smallest absolute Gasteiger partial charge is 0.270 e. The molecule has 1 aliphatic heterocycles. The van der Waals surface area contributed by atoms with Crippen LogP contribution in [0, 0.1) is 5.82 Å². The van der Waals surface area contributed by atoms with Crippen molar-refractivity contribution in [2.45, 2.75) is 25.5 Å². The lowest BCUT2D eigenvalue weighted by molar-refractivity contribution is -0.0243. The van der Waals surface area contributed by atoms with Crippen LogP contribution in [-0.2, 0) is 4.74 Å². The molecule has 3 aromatic rings. The Hall–Kier alpha value is -3.39. The van der Waals surface area contributed by atoms with Gasteiger partial charge in [0.05, 0.1) is 30.1 Å². The molecule has 7 nitrogen and oxygen atoms in total. The first-order valence-corrected chi connectivity index (χ1v) is 9.95. The molecule has 162 valence electrons. The van der Waals surface area contributed by atoms with E-state index in [-0.39, 0.29) is 17.7 Å². The normalized spacial score (nSPS) is 15.9. The number of nitrogens with zero attached hydrogens (tertiary/aromatic N) is 2. The Bertz CT molecular complexity index is 1110. The van der Waals surface area contributed by atoms with E-state index in [9.17, 15) is 9.18 Å². The molecule has 2 aromatic heterocycles. The van der Waals surface area contributed by atoms with E-state index in [4.69, 9.17) is 9.47 Å². The molecule has 1 amide bonds. The summed E-state index contributed by atoms with van der Waals surface area (Å²) < 4.78 is 27.2. The molecule has 4 rings (SSSR count). The number of ether oxygens (including phenoxy) is 2. The molecule has 31 heavy (non-hydrogen) atoms. The number of aromatic nitrogens is 2. The van der Waals surface area contributed by atoms with Gasteiger partial charge in [-0.3, -0.25) is 9.78 Å². The van der Waals surface area contributed by atoms with Crippen LogP contribution < -0.4 is 15.4 Å². The third-order valence-corrected chi connectivity index (χ3v) is 5.79. The first kappa shape index (κ1) is 20.9. The molecule has 8 heteroatoms. The number of para-hydroxylation sites is 1. The number of halogens is 1. The summed E-state index contributed by atoms with van der Waals surface area (Å²) in [5.74, 6) is -0.636. The van der Waals surface area contributed by atoms with Crippen molar-refractivity contribution in [1.29, 1.82) is 0 Å². The third-order valence-electron chi connectivity index (χ3n) is 5.79. The number of carbonyl (C=O) groups is 1. The van der Waals surface area contributed by atoms with E-state index in [1.54, 1.807) is 31.6 Å². The number of fused-ring (bicyclic) bond motifs is 1. The molecule has 2 N–H and O–H groups in total. The lowest BCUT2D eigenvalue weighted by Crippen LogP contribution is -2.48. The van der Waals surface area contributed by atoms with Gasteiger partial charge in [0, 0.05) is 37.8 Å². The minimum Gasteiger partial charge on any atom is -0.492 e. The van der Waals surface area contributed by atoms with Crippen LogP contribution in [0.25, 0.3) is 11.1 Å². The molecule has 1 atom stereocenters. The Morgan fingerprint density at radius 3 is 2.65 bits per heavy atom. The second kappa shape index (κ2) is 8.03. The summed E-state index contributed by atoms with van der Waals surface area (Å²) in [6, 6.07) is 8.21. The van der Waals surface area contributed by atoms with E-state index in [1.165, 1.54) is 13.2 Å². The van der Waals surface area contributed by atoms with Crippen molar-refractivity contribution in [1.82, 2.24) is 14.9 Å². The highest BCUT2D eigenvalue weighted by Crippen LogP contribution is 2.42. The summed E-state index contributed by atoms with van der Waals surface area (Å²) in [6.45, 7) is 4.39. The monoisotopic (exact) mass is 424 g/mol. The Balaban J connectivity index is 1.94. The first-order valence-electron chi connectivity index (χ1n) is 9.95. The summed E-state index contributed by atoms with van der Waals surface area (Å²) in [6.07, 6.45) is 5.31. The average Bonchev–Trinajstić information content (AvgIpc) is 3.14. The molecule has 0 aliphatic carbocycles. The van der Waals surface area contributed by atoms with Gasteiger partial charge in [-0.25, -0.2) is 4.39 Å². The van der Waals surface area contributed by atoms with Crippen molar-refractivity contribution in [2.24, 2.45) is 0 Å². The Morgan fingerprint density at radius 2 is 1.97 bits per heavy atom. The maximum absolute atomic E-state index is 14.3. The molecule has 0 fully saturated rings. The second-order valence-corrected chi connectivity index (χ2v) is 7.89. The first-order chi connectivity index (χ1) is 14.9. The maximum Gasteiger partial charge on any atom is 0.270 e. The van der Waals surface area contributed by atoms with Crippen molar-refractivity contribution >= 4 is 17.3 Å². The zero-order valence-electron chi connectivity index (χ0n) is 17.9. The predicted molar refractivity (Wildman–Crippen MR) is 116 cm³/mol. The van der Waals surface area contributed by atoms with Crippen LogP contribution in [0.15, 0.2) is 48.9 Å². The Labute approximate surface area is 180 Å². The van der Waals surface area contributed by atoms with Crippen LogP contribution in [0.1, 0.15) is 30.4 Å². The number of amides is 1. The SMILES string of the molecule is COc1c(F)cccc1Nc1c(-c2ccncc2)cn2c1C(=O)NC[C@@H]2C(C)(C)OC. The zero-order valence-corrected chi connectivity index (χ0v) is 17.9. The molecular formula is C23H25FN4O3. The van der Waals surface area contributed by atoms with E-state index < -0.39 is 11.4 Å². The Morgan fingerprint density at radius 1 is 1.23 bits per heavy atom. The molecule has 3 heterocycles. The van der Waals surface area contributed by atoms with Gasteiger partial charge >= 0.3 is 0 Å². The highest BCUT2D eigenvalue weighted by Gasteiger charge is 2.39. The standard InChI is InChI=1S/C23H25FN4O3/c1-23(2,31-4)18-12-26-22(29)20-19(27-17-7-5-6-16(24)21(17)30-3)15(13-28(18)20)14-8-10-25-11-9-14/h5-11,13,18,27H,12H2,1-4H3,(H,26,29)/t18-/m1/s1. The summed E-state index contributed by atoms with van der Waals surface area (Å²) >= 11 is 0. The van der Waals surface area contributed by atoms with Crippen molar-refractivity contribution in [3.63, 3.8) is 0 Å². The number of pyridine rings is 1. The Kier molecular flexibility index (Phi) is 5.41. The van der Waals surface area contributed by atoms with Crippen LogP contribution in [0.3, 0.4) is 0 Å². The van der Waals surface area contributed by atoms with Gasteiger partial charge in [0.1, 0.15) is 5.69 Å². The average molecular weight is 424 g/mol. The number of anilines is 2. The summed E-state index contributed by atoms with van der Waals surface area (Å²) in [5.41, 5.74) is 2.55. The van der Waals surface area contributed by atoms with Crippen LogP contribution in [0.5, 0.6) is 5.75 Å². The number of hydrogen-bond acceptors (Lipinski definition) is 5. The molecule has 1 aromatic carbocycles. The van der Waals surface area contributed by atoms with E-state index >= 15 is 0 Å². The van der Waals surface area contributed by atoms with Crippen molar-refractivity contribution in [3.05, 3.63) is 60.4 Å². The number of benzene rings is 1. The number of nitrogens with one attached hydrogen (secondary N) is 2. The van der Waals surface area contributed by atoms with Crippen LogP contribution >= 0.6 is 0 Å². The largest absolute Gasteiger partial charge is 0.492 e. The van der Waals surface area contributed by atoms with Crippen LogP contribution in [0.2, 0.25) is 0 Å². The molecule has 0 spiro atoms. The van der Waals surface area contributed by atoms with Crippen molar-refractivity contribution < 1.29 is 18.7 Å². The quantitative estimate of drug-likeness (QED) is 0.622. The zero-order chi connectivity index (χ0) is 22.2. The highest BCUT2D eigenvalue weighted by atomic mass is 19.1. The minimum absolute atomic E-state index is 0.0770. The molecule has 0 saturated heterocycles. The number of hydrogen-bond donors (Lipinski definition) is 2. The maximum atomic E-state index is 14.3. The fourth-order valence-electron chi connectivity index (χ4n) is 3.92. The second-order valence-electron chi connectivity index (χ2n) is 7.89. The lowest BCUT2D eigenvalue weighted by Gasteiger charge is -2.38. The van der Waals surface area contributed by atoms with Crippen LogP contribution in [-0.4, -0.2) is 41.8 Å². The fourth-order valence-corrected chi connectivity index (χ4v) is 3.92. The number of methoxy groups -OCH3 is 2. The molecule has 0 radical (unpaired) electrons. The van der Waals surface area contributed by atoms with Gasteiger partial charge < -0.3 is 24.7 Å². The molecular weight excluding hydrogens is 399 g/mol. The van der Waals surface area contributed by atoms with Gasteiger partial charge in [0.2, 0.25) is 0 Å². The van der Waals surface area contributed by atoms with Gasteiger partial charge in [0.25, 0.3) is 5.91 Å². The minimum atomic E-state index is -0.537. The summed E-state index contributed by atoms with van der Waals surface area (Å²) in [4.78, 5) is 17.1. The van der Waals surface area contributed by atoms with E-state index in [0.29, 0.717) is 23.6 Å². The molecule has 0 unspecified atom stereocenters. The van der Waals surface area contributed by atoms with Gasteiger partial charge in [-0.15, -0.1) is 0 Å². The predicted octanol–water partition coefficient (Wildman–Crippen LogP) is 4.15. The fraction of sp³-hybridized carbons (Fsp3) is 0.304. The van der Waals surface area contributed by atoms with Gasteiger partial charge in [-0.2, -0.15) is 0 Å². The summed E-state index contributed by atoms with van der Waals surface area (Å²) in [7, 11) is 3.06. The van der Waals surface area contributed by atoms with Crippen molar-refractivity contribution in [3.8, 4) is 16.9 Å². The van der Waals surface area contributed by atoms with Gasteiger partial charge in [-0.1, -0.05) is 6.07 Å². The lowest BCUT2D eigenvalue weighted by atomic mass is 9.96. The molecule has 0 saturated carbocycles. The van der Waals surface area contributed by atoms with E-state index in [1.807, 2.05) is 36.7 Å². The number of carbonyl (C=O) groups excluding carboxylic acids is 1. The summed E-state index contributed by atoms with van der Waals surface area (Å²) in [5, 5.41) is 6.21. The topological polar surface area (TPSA) is 77.4 Å². The highest BCUT2D eigenvalue weighted by molar-refractivity contribution is 6.04. The van der Waals surface area contributed by atoms with Gasteiger partial charge in [-0.05, 0) is 43.7 Å².